The first-order valence-corrected chi connectivity index (χ1v) is 5.34. The Labute approximate surface area is 103 Å². The van der Waals surface area contributed by atoms with Crippen molar-refractivity contribution in [3.05, 3.63) is 35.4 Å². The molecule has 1 aromatic rings. The van der Waals surface area contributed by atoms with Gasteiger partial charge >= 0.3 is 12.1 Å². The fourth-order valence-corrected chi connectivity index (χ4v) is 1.28. The number of alkyl halides is 3. The molecule has 100 valence electrons. The molecule has 1 atom stereocenters. The molecule has 0 fully saturated rings. The summed E-state index contributed by atoms with van der Waals surface area (Å²) in [6.45, 7) is 3.65. The minimum atomic E-state index is -4.42. The van der Waals surface area contributed by atoms with Gasteiger partial charge in [-0.3, -0.25) is 0 Å². The van der Waals surface area contributed by atoms with Crippen LogP contribution in [0.3, 0.4) is 0 Å². The number of hydrogen-bond donors (Lipinski definition) is 0. The second kappa shape index (κ2) is 5.86. The highest BCUT2D eigenvalue weighted by Gasteiger charge is 2.30. The average Bonchev–Trinajstić information content (AvgIpc) is 2.28. The van der Waals surface area contributed by atoms with Crippen LogP contribution in [0.1, 0.15) is 29.8 Å². The normalized spacial score (nSPS) is 13.2. The van der Waals surface area contributed by atoms with Crippen LogP contribution in [-0.2, 0) is 15.7 Å². The fourth-order valence-electron chi connectivity index (χ4n) is 1.28. The molecule has 0 N–H and O–H groups in total. The van der Waals surface area contributed by atoms with Crippen molar-refractivity contribution in [1.29, 1.82) is 0 Å². The quantitative estimate of drug-likeness (QED) is 0.617. The summed E-state index contributed by atoms with van der Waals surface area (Å²) in [5.41, 5.74) is -0.758. The van der Waals surface area contributed by atoms with Crippen molar-refractivity contribution in [1.82, 2.24) is 0 Å². The van der Waals surface area contributed by atoms with E-state index < -0.39 is 24.0 Å². The Morgan fingerprint density at radius 1 is 1.28 bits per heavy atom. The Kier molecular flexibility index (Phi) is 4.72. The molecule has 0 aliphatic rings. The molecule has 3 nitrogen and oxygen atoms in total. The molecular formula is C12H13F3O3. The first kappa shape index (κ1) is 14.5. The second-order valence-corrected chi connectivity index (χ2v) is 3.50. The zero-order chi connectivity index (χ0) is 13.8. The van der Waals surface area contributed by atoms with E-state index in [0.29, 0.717) is 6.61 Å². The summed E-state index contributed by atoms with van der Waals surface area (Å²) in [5.74, 6) is -0.718. The lowest BCUT2D eigenvalue weighted by atomic mass is 10.1. The van der Waals surface area contributed by atoms with E-state index in [1.807, 2.05) is 0 Å². The van der Waals surface area contributed by atoms with Crippen molar-refractivity contribution < 1.29 is 27.4 Å². The molecule has 1 unspecified atom stereocenters. The predicted octanol–water partition coefficient (Wildman–Crippen LogP) is 3.24. The molecular weight excluding hydrogens is 249 g/mol. The van der Waals surface area contributed by atoms with Crippen molar-refractivity contribution in [3.8, 4) is 0 Å². The molecule has 1 rings (SSSR count). The van der Waals surface area contributed by atoms with Crippen LogP contribution in [0.2, 0.25) is 0 Å². The van der Waals surface area contributed by atoms with Gasteiger partial charge in [0.15, 0.2) is 6.29 Å². The van der Waals surface area contributed by atoms with Gasteiger partial charge in [-0.05, 0) is 38.1 Å². The molecule has 0 heterocycles. The van der Waals surface area contributed by atoms with Crippen LogP contribution in [0.15, 0.2) is 24.3 Å². The van der Waals surface area contributed by atoms with Gasteiger partial charge in [0.05, 0.1) is 11.1 Å². The van der Waals surface area contributed by atoms with Gasteiger partial charge in [-0.15, -0.1) is 0 Å². The smallest absolute Gasteiger partial charge is 0.416 e. The van der Waals surface area contributed by atoms with E-state index in [1.165, 1.54) is 6.92 Å². The maximum atomic E-state index is 12.3. The highest BCUT2D eigenvalue weighted by Crippen LogP contribution is 2.29. The van der Waals surface area contributed by atoms with Crippen LogP contribution in [0.4, 0.5) is 13.2 Å². The van der Waals surface area contributed by atoms with Crippen molar-refractivity contribution in [2.75, 3.05) is 6.61 Å². The molecule has 0 spiro atoms. The Bertz CT molecular complexity index is 398. The zero-order valence-electron chi connectivity index (χ0n) is 9.95. The Morgan fingerprint density at radius 3 is 2.28 bits per heavy atom. The molecule has 0 aromatic heterocycles. The van der Waals surface area contributed by atoms with Crippen LogP contribution >= 0.6 is 0 Å². The molecule has 0 saturated heterocycles. The molecule has 0 bridgehead atoms. The number of halogens is 3. The van der Waals surface area contributed by atoms with Crippen LogP contribution in [0, 0.1) is 0 Å². The molecule has 0 saturated carbocycles. The minimum Gasteiger partial charge on any atom is -0.432 e. The molecule has 0 aliphatic carbocycles. The summed E-state index contributed by atoms with van der Waals surface area (Å²) in [6.07, 6.45) is -5.15. The van der Waals surface area contributed by atoms with Gasteiger partial charge in [0.1, 0.15) is 0 Å². The first-order chi connectivity index (χ1) is 8.34. The van der Waals surface area contributed by atoms with E-state index in [2.05, 4.69) is 0 Å². The third-order valence-corrected chi connectivity index (χ3v) is 2.12. The molecule has 0 amide bonds. The summed E-state index contributed by atoms with van der Waals surface area (Å²) in [7, 11) is 0. The van der Waals surface area contributed by atoms with Crippen LogP contribution in [0.25, 0.3) is 0 Å². The van der Waals surface area contributed by atoms with Crippen molar-refractivity contribution in [2.45, 2.75) is 26.3 Å². The Balaban J connectivity index is 2.71. The molecule has 0 radical (unpaired) electrons. The molecule has 0 aliphatic heterocycles. The lowest BCUT2D eigenvalue weighted by molar-refractivity contribution is -0.137. The number of hydrogen-bond acceptors (Lipinski definition) is 3. The van der Waals surface area contributed by atoms with Crippen molar-refractivity contribution >= 4 is 5.97 Å². The highest BCUT2D eigenvalue weighted by molar-refractivity contribution is 5.89. The standard InChI is InChI=1S/C12H13F3O3/c1-3-17-8(2)18-11(16)9-4-6-10(7-5-9)12(13,14)15/h4-8H,3H2,1-2H3. The number of carbonyl (C=O) groups is 1. The van der Waals surface area contributed by atoms with Gasteiger partial charge < -0.3 is 9.47 Å². The van der Waals surface area contributed by atoms with Gasteiger partial charge in [-0.2, -0.15) is 13.2 Å². The number of ether oxygens (including phenoxy) is 2. The van der Waals surface area contributed by atoms with Crippen molar-refractivity contribution in [2.24, 2.45) is 0 Å². The summed E-state index contributed by atoms with van der Waals surface area (Å²) in [5, 5.41) is 0. The number of carbonyl (C=O) groups excluding carboxylic acids is 1. The van der Waals surface area contributed by atoms with E-state index >= 15 is 0 Å². The maximum Gasteiger partial charge on any atom is 0.416 e. The maximum absolute atomic E-state index is 12.3. The largest absolute Gasteiger partial charge is 0.432 e. The number of esters is 1. The lowest BCUT2D eigenvalue weighted by Crippen LogP contribution is -2.18. The third kappa shape index (κ3) is 4.03. The Hall–Kier alpha value is -1.56. The second-order valence-electron chi connectivity index (χ2n) is 3.50. The van der Waals surface area contributed by atoms with E-state index in [9.17, 15) is 18.0 Å². The molecule has 1 aromatic carbocycles. The van der Waals surface area contributed by atoms with Gasteiger partial charge in [0.25, 0.3) is 0 Å². The lowest BCUT2D eigenvalue weighted by Gasteiger charge is -2.13. The van der Waals surface area contributed by atoms with Gasteiger partial charge in [0.2, 0.25) is 0 Å². The highest BCUT2D eigenvalue weighted by atomic mass is 19.4. The minimum absolute atomic E-state index is 0.0505. The third-order valence-electron chi connectivity index (χ3n) is 2.12. The van der Waals surface area contributed by atoms with Crippen molar-refractivity contribution in [3.63, 3.8) is 0 Å². The monoisotopic (exact) mass is 262 g/mol. The summed E-state index contributed by atoms with van der Waals surface area (Å²) < 4.78 is 46.7. The van der Waals surface area contributed by atoms with Crippen LogP contribution < -0.4 is 0 Å². The van der Waals surface area contributed by atoms with E-state index in [4.69, 9.17) is 9.47 Å². The zero-order valence-corrected chi connectivity index (χ0v) is 9.95. The number of rotatable bonds is 4. The van der Waals surface area contributed by atoms with Gasteiger partial charge in [0, 0.05) is 6.61 Å². The van der Waals surface area contributed by atoms with E-state index in [1.54, 1.807) is 6.92 Å². The Morgan fingerprint density at radius 2 is 1.83 bits per heavy atom. The summed E-state index contributed by atoms with van der Waals surface area (Å²) in [6, 6.07) is 3.82. The first-order valence-electron chi connectivity index (χ1n) is 5.34. The average molecular weight is 262 g/mol. The van der Waals surface area contributed by atoms with Gasteiger partial charge in [-0.1, -0.05) is 0 Å². The molecule has 18 heavy (non-hydrogen) atoms. The van der Waals surface area contributed by atoms with Crippen LogP contribution in [-0.4, -0.2) is 18.9 Å². The SMILES string of the molecule is CCOC(C)OC(=O)c1ccc(C(F)(F)F)cc1. The molecule has 6 heteroatoms. The van der Waals surface area contributed by atoms with E-state index in [-0.39, 0.29) is 5.56 Å². The topological polar surface area (TPSA) is 35.5 Å². The number of benzene rings is 1. The van der Waals surface area contributed by atoms with Crippen LogP contribution in [0.5, 0.6) is 0 Å². The fraction of sp³-hybridized carbons (Fsp3) is 0.417. The predicted molar refractivity (Wildman–Crippen MR) is 57.9 cm³/mol. The van der Waals surface area contributed by atoms with Gasteiger partial charge in [-0.25, -0.2) is 4.79 Å². The summed E-state index contributed by atoms with van der Waals surface area (Å²) in [4.78, 5) is 11.5. The summed E-state index contributed by atoms with van der Waals surface area (Å²) >= 11 is 0. The van der Waals surface area contributed by atoms with E-state index in [0.717, 1.165) is 24.3 Å².